The van der Waals surface area contributed by atoms with Crippen molar-refractivity contribution in [3.05, 3.63) is 22.3 Å². The molecular weight excluding hydrogens is 230 g/mol. The van der Waals surface area contributed by atoms with Crippen molar-refractivity contribution in [1.82, 2.24) is 5.32 Å². The van der Waals surface area contributed by atoms with Gasteiger partial charge in [0.2, 0.25) is 5.91 Å². The molecule has 2 heterocycles. The number of rotatable bonds is 1. The third-order valence-corrected chi connectivity index (χ3v) is 3.58. The molecular formula is C14H19NO3. The molecule has 18 heavy (non-hydrogen) atoms. The SMILES string of the molecule is CC(C)=C1C[C@@H](C2CC(=C(C)C)C(=O)O2)NC1=O. The zero-order chi connectivity index (χ0) is 13.4. The summed E-state index contributed by atoms with van der Waals surface area (Å²) >= 11 is 0. The highest BCUT2D eigenvalue weighted by Crippen LogP contribution is 2.30. The van der Waals surface area contributed by atoms with Crippen LogP contribution in [-0.4, -0.2) is 24.0 Å². The minimum absolute atomic E-state index is 0.0262. The number of hydrogen-bond acceptors (Lipinski definition) is 3. The van der Waals surface area contributed by atoms with Crippen LogP contribution in [0, 0.1) is 0 Å². The number of carbonyl (C=O) groups is 2. The highest BCUT2D eigenvalue weighted by Gasteiger charge is 2.40. The second-order valence-electron chi connectivity index (χ2n) is 5.39. The van der Waals surface area contributed by atoms with E-state index in [-0.39, 0.29) is 24.0 Å². The Kier molecular flexibility index (Phi) is 3.28. The fraction of sp³-hybridized carbons (Fsp3) is 0.571. The summed E-state index contributed by atoms with van der Waals surface area (Å²) in [5.41, 5.74) is 3.60. The Morgan fingerprint density at radius 1 is 1.06 bits per heavy atom. The first-order valence-corrected chi connectivity index (χ1v) is 6.24. The number of cyclic esters (lactones) is 1. The number of ether oxygens (including phenoxy) is 1. The van der Waals surface area contributed by atoms with Gasteiger partial charge < -0.3 is 10.1 Å². The van der Waals surface area contributed by atoms with E-state index in [0.29, 0.717) is 12.8 Å². The molecule has 2 aliphatic heterocycles. The first-order chi connectivity index (χ1) is 8.40. The number of carbonyl (C=O) groups excluding carboxylic acids is 2. The molecule has 4 heteroatoms. The van der Waals surface area contributed by atoms with Crippen LogP contribution in [0.4, 0.5) is 0 Å². The van der Waals surface area contributed by atoms with E-state index in [2.05, 4.69) is 5.32 Å². The van der Waals surface area contributed by atoms with E-state index in [1.165, 1.54) is 0 Å². The summed E-state index contributed by atoms with van der Waals surface area (Å²) in [4.78, 5) is 23.4. The summed E-state index contributed by atoms with van der Waals surface area (Å²) in [5, 5.41) is 2.91. The molecule has 2 atom stereocenters. The highest BCUT2D eigenvalue weighted by atomic mass is 16.6. The Labute approximate surface area is 107 Å². The van der Waals surface area contributed by atoms with E-state index in [9.17, 15) is 9.59 Å². The maximum absolute atomic E-state index is 11.8. The van der Waals surface area contributed by atoms with Crippen LogP contribution in [-0.2, 0) is 14.3 Å². The quantitative estimate of drug-likeness (QED) is 0.570. The molecule has 1 N–H and O–H groups in total. The maximum Gasteiger partial charge on any atom is 0.334 e. The average molecular weight is 249 g/mol. The van der Waals surface area contributed by atoms with Gasteiger partial charge in [0.1, 0.15) is 6.10 Å². The molecule has 98 valence electrons. The molecule has 0 aliphatic carbocycles. The van der Waals surface area contributed by atoms with Gasteiger partial charge in [-0.1, -0.05) is 11.1 Å². The van der Waals surface area contributed by atoms with Gasteiger partial charge in [0.15, 0.2) is 0 Å². The lowest BCUT2D eigenvalue weighted by Gasteiger charge is -2.15. The van der Waals surface area contributed by atoms with Gasteiger partial charge in [-0.3, -0.25) is 4.79 Å². The lowest BCUT2D eigenvalue weighted by atomic mass is 9.99. The van der Waals surface area contributed by atoms with E-state index < -0.39 is 0 Å². The summed E-state index contributed by atoms with van der Waals surface area (Å²) in [5.74, 6) is -0.262. The summed E-state index contributed by atoms with van der Waals surface area (Å²) in [6.07, 6.45) is 1.03. The smallest absolute Gasteiger partial charge is 0.334 e. The molecule has 2 rings (SSSR count). The molecule has 1 amide bonds. The summed E-state index contributed by atoms with van der Waals surface area (Å²) in [7, 11) is 0. The monoisotopic (exact) mass is 249 g/mol. The van der Waals surface area contributed by atoms with Gasteiger partial charge >= 0.3 is 5.97 Å². The lowest BCUT2D eigenvalue weighted by molar-refractivity contribution is -0.140. The van der Waals surface area contributed by atoms with Crippen LogP contribution in [0.3, 0.4) is 0 Å². The summed E-state index contributed by atoms with van der Waals surface area (Å²) < 4.78 is 5.36. The molecule has 2 saturated heterocycles. The number of esters is 1. The van der Waals surface area contributed by atoms with Crippen molar-refractivity contribution >= 4 is 11.9 Å². The molecule has 1 unspecified atom stereocenters. The van der Waals surface area contributed by atoms with Crippen LogP contribution in [0.15, 0.2) is 22.3 Å². The molecule has 0 aromatic heterocycles. The molecule has 0 aromatic rings. The minimum atomic E-state index is -0.236. The Hall–Kier alpha value is -1.58. The predicted octanol–water partition coefficient (Wildman–Crippen LogP) is 1.86. The third-order valence-electron chi connectivity index (χ3n) is 3.58. The molecule has 2 aliphatic rings. The second-order valence-corrected chi connectivity index (χ2v) is 5.39. The Bertz CT molecular complexity index is 421. The molecule has 0 bridgehead atoms. The van der Waals surface area contributed by atoms with E-state index >= 15 is 0 Å². The molecule has 0 spiro atoms. The van der Waals surface area contributed by atoms with E-state index in [4.69, 9.17) is 4.74 Å². The zero-order valence-electron chi connectivity index (χ0n) is 11.3. The second kappa shape index (κ2) is 4.59. The Balaban J connectivity index is 2.14. The number of amides is 1. The molecule has 4 nitrogen and oxygen atoms in total. The summed E-state index contributed by atoms with van der Waals surface area (Å²) in [6.45, 7) is 7.68. The molecule has 0 saturated carbocycles. The van der Waals surface area contributed by atoms with Crippen molar-refractivity contribution in [1.29, 1.82) is 0 Å². The molecule has 2 fully saturated rings. The highest BCUT2D eigenvalue weighted by molar-refractivity contribution is 5.97. The zero-order valence-corrected chi connectivity index (χ0v) is 11.3. The van der Waals surface area contributed by atoms with E-state index in [1.807, 2.05) is 27.7 Å². The number of allylic oxidation sites excluding steroid dienone is 2. The average Bonchev–Trinajstić information content (AvgIpc) is 2.81. The van der Waals surface area contributed by atoms with Crippen molar-refractivity contribution < 1.29 is 14.3 Å². The van der Waals surface area contributed by atoms with Crippen molar-refractivity contribution in [2.75, 3.05) is 0 Å². The Morgan fingerprint density at radius 2 is 1.67 bits per heavy atom. The van der Waals surface area contributed by atoms with Gasteiger partial charge in [0, 0.05) is 24.0 Å². The van der Waals surface area contributed by atoms with Gasteiger partial charge in [-0.2, -0.15) is 0 Å². The van der Waals surface area contributed by atoms with Crippen LogP contribution >= 0.6 is 0 Å². The normalized spacial score (nSPS) is 27.3. The number of hydrogen-bond donors (Lipinski definition) is 1. The lowest BCUT2D eigenvalue weighted by Crippen LogP contribution is -2.36. The van der Waals surface area contributed by atoms with Crippen molar-refractivity contribution in [3.8, 4) is 0 Å². The van der Waals surface area contributed by atoms with Gasteiger partial charge in [0.25, 0.3) is 0 Å². The van der Waals surface area contributed by atoms with Gasteiger partial charge in [-0.05, 0) is 27.7 Å². The largest absolute Gasteiger partial charge is 0.456 e. The van der Waals surface area contributed by atoms with Crippen molar-refractivity contribution in [2.24, 2.45) is 0 Å². The van der Waals surface area contributed by atoms with Crippen LogP contribution in [0.5, 0.6) is 0 Å². The molecule has 0 aromatic carbocycles. The van der Waals surface area contributed by atoms with Crippen molar-refractivity contribution in [3.63, 3.8) is 0 Å². The first kappa shape index (κ1) is 12.9. The van der Waals surface area contributed by atoms with Crippen LogP contribution in [0.2, 0.25) is 0 Å². The third kappa shape index (κ3) is 2.19. The minimum Gasteiger partial charge on any atom is -0.456 e. The standard InChI is InChI=1S/C14H19NO3/c1-7(2)9-5-11(15-13(9)16)12-6-10(8(3)4)14(17)18-12/h11-12H,5-6H2,1-4H3,(H,15,16)/t11-,12?/m0/s1. The fourth-order valence-electron chi connectivity index (χ4n) is 2.44. The van der Waals surface area contributed by atoms with Crippen LogP contribution < -0.4 is 5.32 Å². The summed E-state index contributed by atoms with van der Waals surface area (Å²) in [6, 6.07) is -0.0804. The molecule has 0 radical (unpaired) electrons. The van der Waals surface area contributed by atoms with Crippen LogP contribution in [0.1, 0.15) is 40.5 Å². The number of nitrogens with one attached hydrogen (secondary N) is 1. The van der Waals surface area contributed by atoms with E-state index in [1.54, 1.807) is 0 Å². The van der Waals surface area contributed by atoms with E-state index in [0.717, 1.165) is 22.3 Å². The van der Waals surface area contributed by atoms with Gasteiger partial charge in [0.05, 0.1) is 6.04 Å². The maximum atomic E-state index is 11.8. The first-order valence-electron chi connectivity index (χ1n) is 6.24. The fourth-order valence-corrected chi connectivity index (χ4v) is 2.44. The van der Waals surface area contributed by atoms with Crippen LogP contribution in [0.25, 0.3) is 0 Å². The predicted molar refractivity (Wildman–Crippen MR) is 67.8 cm³/mol. The Morgan fingerprint density at radius 3 is 2.11 bits per heavy atom. The van der Waals surface area contributed by atoms with Crippen molar-refractivity contribution in [2.45, 2.75) is 52.7 Å². The van der Waals surface area contributed by atoms with Gasteiger partial charge in [-0.15, -0.1) is 0 Å². The van der Waals surface area contributed by atoms with Gasteiger partial charge in [-0.25, -0.2) is 4.79 Å². The topological polar surface area (TPSA) is 55.4 Å².